The molecule has 0 amide bonds. The number of nitrogens with one attached hydrogen (secondary N) is 2. The van der Waals surface area contributed by atoms with Crippen LogP contribution >= 0.6 is 0 Å². The van der Waals surface area contributed by atoms with Crippen molar-refractivity contribution in [3.63, 3.8) is 0 Å². The molecule has 1 atom stereocenters. The molecule has 2 aromatic rings. The molecule has 0 spiro atoms. The number of sulfone groups is 1. The van der Waals surface area contributed by atoms with Crippen molar-refractivity contribution in [2.75, 3.05) is 23.9 Å². The van der Waals surface area contributed by atoms with Gasteiger partial charge in [-0.25, -0.2) is 8.42 Å². The number of benzene rings is 1. The van der Waals surface area contributed by atoms with Crippen molar-refractivity contribution in [3.8, 4) is 11.3 Å². The number of anilines is 1. The number of aliphatic imine (C=N–C) groups is 1. The number of carbonyl (C=O) groups excluding carboxylic acids is 1. The minimum Gasteiger partial charge on any atom is -0.460 e. The van der Waals surface area contributed by atoms with E-state index in [1.165, 1.54) is 12.6 Å². The molecule has 1 aromatic heterocycles. The lowest BCUT2D eigenvalue weighted by Gasteiger charge is -2.17. The van der Waals surface area contributed by atoms with Crippen LogP contribution in [0.3, 0.4) is 0 Å². The monoisotopic (exact) mass is 361 g/mol. The average molecular weight is 361 g/mol. The summed E-state index contributed by atoms with van der Waals surface area (Å²) in [6.07, 6.45) is 3.54. The van der Waals surface area contributed by atoms with E-state index in [4.69, 9.17) is 4.42 Å². The summed E-state index contributed by atoms with van der Waals surface area (Å²) < 4.78 is 28.0. The second kappa shape index (κ2) is 7.20. The first-order valence-corrected chi connectivity index (χ1v) is 9.87. The quantitative estimate of drug-likeness (QED) is 0.576. The van der Waals surface area contributed by atoms with Crippen molar-refractivity contribution in [1.29, 1.82) is 0 Å². The molecule has 1 aliphatic heterocycles. The maximum Gasteiger partial charge on any atom is 0.149 e. The van der Waals surface area contributed by atoms with Crippen molar-refractivity contribution in [2.45, 2.75) is 12.6 Å². The van der Waals surface area contributed by atoms with Gasteiger partial charge in [0.15, 0.2) is 0 Å². The summed E-state index contributed by atoms with van der Waals surface area (Å²) in [5.41, 5.74) is 2.51. The molecule has 0 radical (unpaired) electrons. The molecule has 0 bridgehead atoms. The molecule has 1 aliphatic rings. The van der Waals surface area contributed by atoms with Gasteiger partial charge in [-0.05, 0) is 30.3 Å². The number of aldehydes is 1. The Hall–Kier alpha value is -2.45. The van der Waals surface area contributed by atoms with E-state index < -0.39 is 15.9 Å². The van der Waals surface area contributed by atoms with E-state index in [9.17, 15) is 13.2 Å². The Bertz CT molecular complexity index is 902. The van der Waals surface area contributed by atoms with Crippen LogP contribution in [-0.2, 0) is 21.2 Å². The van der Waals surface area contributed by atoms with Gasteiger partial charge in [0.2, 0.25) is 0 Å². The Morgan fingerprint density at radius 2 is 2.16 bits per heavy atom. The van der Waals surface area contributed by atoms with E-state index in [-0.39, 0.29) is 5.75 Å². The lowest BCUT2D eigenvalue weighted by Crippen LogP contribution is -2.21. The second-order valence-electron chi connectivity index (χ2n) is 5.88. The highest BCUT2D eigenvalue weighted by molar-refractivity contribution is 7.90. The zero-order chi connectivity index (χ0) is 17.9. The highest BCUT2D eigenvalue weighted by Gasteiger charge is 2.18. The van der Waals surface area contributed by atoms with Crippen LogP contribution in [0.4, 0.5) is 5.69 Å². The Balaban J connectivity index is 1.69. The molecule has 0 saturated heterocycles. The topological polar surface area (TPSA) is 101 Å². The van der Waals surface area contributed by atoms with Crippen molar-refractivity contribution in [2.24, 2.45) is 4.99 Å². The summed E-state index contributed by atoms with van der Waals surface area (Å²) in [6, 6.07) is 8.87. The minimum atomic E-state index is -2.97. The SMILES string of the molecule is CS(=O)(=O)CCNCc1ccc(-c2ccc3c(c2)C(C=O)N=CN3)o1. The van der Waals surface area contributed by atoms with E-state index >= 15 is 0 Å². The molecule has 0 saturated carbocycles. The fourth-order valence-corrected chi connectivity index (χ4v) is 3.08. The maximum atomic E-state index is 11.2. The van der Waals surface area contributed by atoms with Crippen molar-refractivity contribution >= 4 is 28.1 Å². The number of hydrogen-bond donors (Lipinski definition) is 2. The van der Waals surface area contributed by atoms with E-state index in [2.05, 4.69) is 15.6 Å². The number of rotatable bonds is 7. The van der Waals surface area contributed by atoms with Crippen molar-refractivity contribution < 1.29 is 17.6 Å². The molecule has 0 fully saturated rings. The van der Waals surface area contributed by atoms with Crippen LogP contribution in [0.25, 0.3) is 11.3 Å². The summed E-state index contributed by atoms with van der Waals surface area (Å²) in [5.74, 6) is 1.48. The highest BCUT2D eigenvalue weighted by atomic mass is 32.2. The predicted molar refractivity (Wildman–Crippen MR) is 96.5 cm³/mol. The third-order valence-electron chi connectivity index (χ3n) is 3.85. The lowest BCUT2D eigenvalue weighted by atomic mass is 10.0. The third kappa shape index (κ3) is 4.34. The third-order valence-corrected chi connectivity index (χ3v) is 4.80. The van der Waals surface area contributed by atoms with Crippen LogP contribution in [0.15, 0.2) is 39.7 Å². The average Bonchev–Trinajstić information content (AvgIpc) is 3.06. The van der Waals surface area contributed by atoms with Crippen molar-refractivity contribution in [3.05, 3.63) is 41.7 Å². The van der Waals surface area contributed by atoms with E-state index in [0.29, 0.717) is 24.6 Å². The van der Waals surface area contributed by atoms with E-state index in [0.717, 1.165) is 23.1 Å². The van der Waals surface area contributed by atoms with Crippen LogP contribution in [0.1, 0.15) is 17.4 Å². The minimum absolute atomic E-state index is 0.0893. The molecule has 1 aromatic carbocycles. The zero-order valence-corrected chi connectivity index (χ0v) is 14.5. The van der Waals surface area contributed by atoms with Crippen LogP contribution in [0.5, 0.6) is 0 Å². The first-order chi connectivity index (χ1) is 12.0. The summed E-state index contributed by atoms with van der Waals surface area (Å²) >= 11 is 0. The fraction of sp³-hybridized carbons (Fsp3) is 0.294. The molecule has 2 heterocycles. The van der Waals surface area contributed by atoms with Gasteiger partial charge >= 0.3 is 0 Å². The fourth-order valence-electron chi connectivity index (χ4n) is 2.57. The molecular formula is C17H19N3O4S. The summed E-state index contributed by atoms with van der Waals surface area (Å²) in [4.78, 5) is 15.3. The predicted octanol–water partition coefficient (Wildman–Crippen LogP) is 1.77. The molecule has 1 unspecified atom stereocenters. The molecule has 0 aliphatic carbocycles. The van der Waals surface area contributed by atoms with E-state index in [1.54, 1.807) is 0 Å². The maximum absolute atomic E-state index is 11.2. The van der Waals surface area contributed by atoms with Gasteiger partial charge in [-0.15, -0.1) is 0 Å². The first kappa shape index (κ1) is 17.4. The number of nitrogens with zero attached hydrogens (tertiary/aromatic N) is 1. The molecular weight excluding hydrogens is 342 g/mol. The first-order valence-electron chi connectivity index (χ1n) is 7.81. The Morgan fingerprint density at radius 3 is 2.92 bits per heavy atom. The highest BCUT2D eigenvalue weighted by Crippen LogP contribution is 2.32. The zero-order valence-electron chi connectivity index (χ0n) is 13.7. The van der Waals surface area contributed by atoms with Gasteiger partial charge in [-0.2, -0.15) is 0 Å². The second-order valence-corrected chi connectivity index (χ2v) is 8.14. The lowest BCUT2D eigenvalue weighted by molar-refractivity contribution is -0.108. The summed E-state index contributed by atoms with van der Waals surface area (Å²) in [5, 5.41) is 6.06. The smallest absolute Gasteiger partial charge is 0.149 e. The largest absolute Gasteiger partial charge is 0.460 e. The standard InChI is InChI=1S/C17H19N3O4S/c1-25(22,23)7-6-18-9-13-3-5-17(24-13)12-2-4-15-14(8-12)16(10-21)20-11-19-15/h2-5,8,10-11,16,18H,6-7,9H2,1H3,(H,19,20). The summed E-state index contributed by atoms with van der Waals surface area (Å²) in [7, 11) is -2.97. The molecule has 7 nitrogen and oxygen atoms in total. The van der Waals surface area contributed by atoms with Gasteiger partial charge in [0.25, 0.3) is 0 Å². The van der Waals surface area contributed by atoms with Crippen LogP contribution < -0.4 is 10.6 Å². The normalized spacial score (nSPS) is 16.3. The van der Waals surface area contributed by atoms with Crippen molar-refractivity contribution in [1.82, 2.24) is 5.32 Å². The van der Waals surface area contributed by atoms with Gasteiger partial charge in [-0.1, -0.05) is 0 Å². The summed E-state index contributed by atoms with van der Waals surface area (Å²) in [6.45, 7) is 0.821. The Kier molecular flexibility index (Phi) is 5.00. The van der Waals surface area contributed by atoms with Gasteiger partial charge in [-0.3, -0.25) is 4.99 Å². The van der Waals surface area contributed by atoms with Gasteiger partial charge < -0.3 is 19.8 Å². The van der Waals surface area contributed by atoms with Crippen LogP contribution in [0.2, 0.25) is 0 Å². The molecule has 25 heavy (non-hydrogen) atoms. The number of fused-ring (bicyclic) bond motifs is 1. The molecule has 2 N–H and O–H groups in total. The Morgan fingerprint density at radius 1 is 1.32 bits per heavy atom. The van der Waals surface area contributed by atoms with Crippen LogP contribution in [0, 0.1) is 0 Å². The molecule has 8 heteroatoms. The number of hydrogen-bond acceptors (Lipinski definition) is 7. The number of furan rings is 1. The van der Waals surface area contributed by atoms with Gasteiger partial charge in [0.1, 0.15) is 33.7 Å². The Labute approximate surface area is 146 Å². The van der Waals surface area contributed by atoms with Gasteiger partial charge in [0, 0.05) is 29.6 Å². The molecule has 3 rings (SSSR count). The van der Waals surface area contributed by atoms with E-state index in [1.807, 2.05) is 30.3 Å². The van der Waals surface area contributed by atoms with Gasteiger partial charge in [0.05, 0.1) is 18.6 Å². The molecule has 132 valence electrons. The van der Waals surface area contributed by atoms with Crippen LogP contribution in [-0.4, -0.2) is 39.6 Å². The number of carbonyl (C=O) groups is 1.